The molecule has 2 rings (SSSR count). The van der Waals surface area contributed by atoms with Gasteiger partial charge in [-0.2, -0.15) is 5.10 Å². The van der Waals surface area contributed by atoms with Crippen LogP contribution in [0.5, 0.6) is 0 Å². The van der Waals surface area contributed by atoms with E-state index >= 15 is 0 Å². The molecule has 0 N–H and O–H groups in total. The number of esters is 1. The minimum absolute atomic E-state index is 0.0645. The van der Waals surface area contributed by atoms with Crippen LogP contribution in [0.1, 0.15) is 38.6 Å². The number of hydrogen-bond donors (Lipinski definition) is 0. The predicted molar refractivity (Wildman–Crippen MR) is 70.7 cm³/mol. The Bertz CT molecular complexity index is 523. The second kappa shape index (κ2) is 6.31. The zero-order valence-corrected chi connectivity index (χ0v) is 11.0. The fourth-order valence-electron chi connectivity index (χ4n) is 2.36. The molecular formula is C14H18N2O3. The second-order valence-corrected chi connectivity index (χ2v) is 4.59. The lowest BCUT2D eigenvalue weighted by atomic mass is 9.90. The monoisotopic (exact) mass is 262 g/mol. The highest BCUT2D eigenvalue weighted by molar-refractivity contribution is 5.82. The second-order valence-electron chi connectivity index (χ2n) is 4.59. The van der Waals surface area contributed by atoms with Crippen molar-refractivity contribution in [2.24, 2.45) is 0 Å². The summed E-state index contributed by atoms with van der Waals surface area (Å²) in [6.45, 7) is 2.19. The fraction of sp³-hybridized carbons (Fsp3) is 0.500. The molecule has 19 heavy (non-hydrogen) atoms. The largest absolute Gasteiger partial charge is 0.463 e. The van der Waals surface area contributed by atoms with Crippen LogP contribution < -0.4 is 5.56 Å². The standard InChI is InChI=1S/C14H18N2O3/c1-2-19-14(18)10-11-5-7-12(8-6-11)16-13(17)4-3-9-15-16/h3-4,9-10,12H,2,5-8H2,1H3. The Kier molecular flexibility index (Phi) is 4.49. The molecule has 0 unspecified atom stereocenters. The lowest BCUT2D eigenvalue weighted by Gasteiger charge is -2.24. The molecule has 0 spiro atoms. The maximum Gasteiger partial charge on any atom is 0.330 e. The summed E-state index contributed by atoms with van der Waals surface area (Å²) in [6, 6.07) is 3.30. The van der Waals surface area contributed by atoms with Crippen molar-refractivity contribution in [3.8, 4) is 0 Å². The minimum atomic E-state index is -0.272. The molecule has 0 bridgehead atoms. The maximum absolute atomic E-state index is 11.7. The number of rotatable bonds is 3. The number of carbonyl (C=O) groups excluding carboxylic acids is 1. The molecule has 0 radical (unpaired) electrons. The van der Waals surface area contributed by atoms with Crippen LogP contribution in [0, 0.1) is 0 Å². The van der Waals surface area contributed by atoms with Gasteiger partial charge in [-0.1, -0.05) is 5.57 Å². The van der Waals surface area contributed by atoms with Gasteiger partial charge in [0.25, 0.3) is 5.56 Å². The van der Waals surface area contributed by atoms with Gasteiger partial charge in [0.15, 0.2) is 0 Å². The molecule has 1 heterocycles. The van der Waals surface area contributed by atoms with Crippen LogP contribution in [-0.4, -0.2) is 22.4 Å². The van der Waals surface area contributed by atoms with Gasteiger partial charge in [-0.25, -0.2) is 9.48 Å². The van der Waals surface area contributed by atoms with Gasteiger partial charge >= 0.3 is 5.97 Å². The van der Waals surface area contributed by atoms with Crippen molar-refractivity contribution in [3.05, 3.63) is 40.3 Å². The summed E-state index contributed by atoms with van der Waals surface area (Å²) in [6.07, 6.45) is 6.51. The van der Waals surface area contributed by atoms with Crippen LogP contribution in [0.4, 0.5) is 0 Å². The van der Waals surface area contributed by atoms with E-state index in [0.29, 0.717) is 6.61 Å². The summed E-state index contributed by atoms with van der Waals surface area (Å²) in [5.74, 6) is -0.272. The molecule has 1 aliphatic rings. The van der Waals surface area contributed by atoms with E-state index in [1.165, 1.54) is 6.07 Å². The third-order valence-electron chi connectivity index (χ3n) is 3.29. The molecule has 1 fully saturated rings. The Balaban J connectivity index is 1.98. The quantitative estimate of drug-likeness (QED) is 0.616. The number of aromatic nitrogens is 2. The topological polar surface area (TPSA) is 61.2 Å². The van der Waals surface area contributed by atoms with Gasteiger partial charge in [-0.15, -0.1) is 0 Å². The zero-order valence-electron chi connectivity index (χ0n) is 11.0. The van der Waals surface area contributed by atoms with Crippen LogP contribution in [0.25, 0.3) is 0 Å². The van der Waals surface area contributed by atoms with Crippen LogP contribution in [0.2, 0.25) is 0 Å². The fourth-order valence-corrected chi connectivity index (χ4v) is 2.36. The van der Waals surface area contributed by atoms with Gasteiger partial charge in [0.2, 0.25) is 0 Å². The first kappa shape index (κ1) is 13.5. The Morgan fingerprint density at radius 3 is 2.89 bits per heavy atom. The molecule has 1 aliphatic carbocycles. The molecule has 0 aromatic carbocycles. The van der Waals surface area contributed by atoms with Crippen molar-refractivity contribution in [3.63, 3.8) is 0 Å². The molecule has 0 atom stereocenters. The average molecular weight is 262 g/mol. The molecule has 5 heteroatoms. The molecule has 102 valence electrons. The normalized spacial score (nSPS) is 19.0. The minimum Gasteiger partial charge on any atom is -0.463 e. The summed E-state index contributed by atoms with van der Waals surface area (Å²) in [5, 5.41) is 4.11. The van der Waals surface area contributed by atoms with Crippen molar-refractivity contribution in [1.29, 1.82) is 0 Å². The molecule has 0 saturated heterocycles. The van der Waals surface area contributed by atoms with Crippen LogP contribution in [-0.2, 0) is 9.53 Å². The van der Waals surface area contributed by atoms with E-state index in [4.69, 9.17) is 4.74 Å². The van der Waals surface area contributed by atoms with Crippen molar-refractivity contribution in [2.45, 2.75) is 38.6 Å². The Morgan fingerprint density at radius 1 is 1.53 bits per heavy atom. The molecule has 5 nitrogen and oxygen atoms in total. The van der Waals surface area contributed by atoms with Crippen molar-refractivity contribution < 1.29 is 9.53 Å². The van der Waals surface area contributed by atoms with E-state index in [1.54, 1.807) is 29.9 Å². The highest BCUT2D eigenvalue weighted by Gasteiger charge is 2.20. The number of hydrogen-bond acceptors (Lipinski definition) is 4. The average Bonchev–Trinajstić information content (AvgIpc) is 2.41. The summed E-state index contributed by atoms with van der Waals surface area (Å²) >= 11 is 0. The van der Waals surface area contributed by atoms with Gasteiger partial charge in [0, 0.05) is 18.3 Å². The summed E-state index contributed by atoms with van der Waals surface area (Å²) in [7, 11) is 0. The zero-order chi connectivity index (χ0) is 13.7. The molecule has 1 saturated carbocycles. The summed E-state index contributed by atoms with van der Waals surface area (Å²) in [5.41, 5.74) is 1.03. The molecule has 0 aliphatic heterocycles. The number of carbonyl (C=O) groups is 1. The number of ether oxygens (including phenoxy) is 1. The van der Waals surface area contributed by atoms with Gasteiger partial charge < -0.3 is 4.74 Å². The van der Waals surface area contributed by atoms with Crippen LogP contribution in [0.3, 0.4) is 0 Å². The molecule has 0 amide bonds. The van der Waals surface area contributed by atoms with Gasteiger partial charge in [-0.05, 0) is 38.7 Å². The molecule has 1 aromatic rings. The maximum atomic E-state index is 11.7. The Morgan fingerprint density at radius 2 is 2.26 bits per heavy atom. The van der Waals surface area contributed by atoms with Crippen LogP contribution in [0.15, 0.2) is 34.8 Å². The summed E-state index contributed by atoms with van der Waals surface area (Å²) < 4.78 is 6.44. The van der Waals surface area contributed by atoms with Crippen LogP contribution >= 0.6 is 0 Å². The third kappa shape index (κ3) is 3.53. The van der Waals surface area contributed by atoms with E-state index in [-0.39, 0.29) is 17.6 Å². The molecular weight excluding hydrogens is 244 g/mol. The Hall–Kier alpha value is -1.91. The predicted octanol–water partition coefficient (Wildman–Crippen LogP) is 1.85. The highest BCUT2D eigenvalue weighted by atomic mass is 16.5. The highest BCUT2D eigenvalue weighted by Crippen LogP contribution is 2.30. The lowest BCUT2D eigenvalue weighted by Crippen LogP contribution is -2.28. The van der Waals surface area contributed by atoms with E-state index in [2.05, 4.69) is 5.10 Å². The number of nitrogens with zero attached hydrogens (tertiary/aromatic N) is 2. The van der Waals surface area contributed by atoms with E-state index in [0.717, 1.165) is 31.3 Å². The van der Waals surface area contributed by atoms with Crippen molar-refractivity contribution in [2.75, 3.05) is 6.61 Å². The van der Waals surface area contributed by atoms with Crippen molar-refractivity contribution in [1.82, 2.24) is 9.78 Å². The smallest absolute Gasteiger partial charge is 0.330 e. The first-order valence-electron chi connectivity index (χ1n) is 6.60. The van der Waals surface area contributed by atoms with E-state index < -0.39 is 0 Å². The van der Waals surface area contributed by atoms with Gasteiger partial charge in [-0.3, -0.25) is 4.79 Å². The van der Waals surface area contributed by atoms with Gasteiger partial charge in [0.05, 0.1) is 12.6 Å². The van der Waals surface area contributed by atoms with E-state index in [1.807, 2.05) is 0 Å². The third-order valence-corrected chi connectivity index (χ3v) is 3.29. The first-order valence-corrected chi connectivity index (χ1v) is 6.60. The summed E-state index contributed by atoms with van der Waals surface area (Å²) in [4.78, 5) is 23.0. The van der Waals surface area contributed by atoms with Crippen molar-refractivity contribution >= 4 is 5.97 Å². The van der Waals surface area contributed by atoms with E-state index in [9.17, 15) is 9.59 Å². The van der Waals surface area contributed by atoms with Gasteiger partial charge in [0.1, 0.15) is 0 Å². The first-order chi connectivity index (χ1) is 9.20. The molecule has 1 aromatic heterocycles. The number of allylic oxidation sites excluding steroid dienone is 1. The lowest BCUT2D eigenvalue weighted by molar-refractivity contribution is -0.137. The SMILES string of the molecule is CCOC(=O)C=C1CCC(n2ncccc2=O)CC1. The Labute approximate surface area is 111 Å².